The summed E-state index contributed by atoms with van der Waals surface area (Å²) >= 11 is 0. The lowest BCUT2D eigenvalue weighted by Gasteiger charge is -2.18. The van der Waals surface area contributed by atoms with Gasteiger partial charge in [-0.05, 0) is 13.8 Å². The minimum absolute atomic E-state index is 0.160. The lowest BCUT2D eigenvalue weighted by Crippen LogP contribution is -2.19. The number of nitrogens with zero attached hydrogens (tertiary/aromatic N) is 3. The number of halogens is 2. The van der Waals surface area contributed by atoms with Crippen molar-refractivity contribution < 1.29 is 23.0 Å². The number of anilines is 3. The predicted octanol–water partition coefficient (Wildman–Crippen LogP) is 3.41. The first kappa shape index (κ1) is 21.4. The Labute approximate surface area is 161 Å². The Morgan fingerprint density at radius 3 is 2.61 bits per heavy atom. The van der Waals surface area contributed by atoms with Crippen LogP contribution in [0.3, 0.4) is 0 Å². The molecular weight excluding hydrogens is 372 g/mol. The number of hydrogen-bond donors (Lipinski definition) is 2. The summed E-state index contributed by atoms with van der Waals surface area (Å²) < 4.78 is 38.1. The second kappa shape index (κ2) is 8.87. The van der Waals surface area contributed by atoms with Crippen molar-refractivity contribution >= 4 is 23.2 Å². The lowest BCUT2D eigenvalue weighted by atomic mass is 10.3. The molecule has 2 aromatic rings. The van der Waals surface area contributed by atoms with Gasteiger partial charge in [-0.15, -0.1) is 0 Å². The number of carbonyl (C=O) groups is 1. The highest BCUT2D eigenvalue weighted by Crippen LogP contribution is 2.31. The van der Waals surface area contributed by atoms with Gasteiger partial charge in [-0.2, -0.15) is 8.78 Å². The van der Waals surface area contributed by atoms with Gasteiger partial charge in [0.15, 0.2) is 5.75 Å². The Kier molecular flexibility index (Phi) is 6.79. The van der Waals surface area contributed by atoms with Crippen molar-refractivity contribution in [2.75, 3.05) is 24.4 Å². The summed E-state index contributed by atoms with van der Waals surface area (Å²) in [5, 5.41) is 5.51. The minimum atomic E-state index is -3.19. The van der Waals surface area contributed by atoms with E-state index in [4.69, 9.17) is 9.47 Å². The number of alkyl halides is 2. The van der Waals surface area contributed by atoms with E-state index < -0.39 is 11.7 Å². The summed E-state index contributed by atoms with van der Waals surface area (Å²) in [6.45, 7) is 5.82. The van der Waals surface area contributed by atoms with Gasteiger partial charge in [-0.25, -0.2) is 15.0 Å². The molecule has 0 saturated carbocycles. The van der Waals surface area contributed by atoms with E-state index in [0.717, 1.165) is 6.92 Å². The fourth-order valence-corrected chi connectivity index (χ4v) is 2.34. The summed E-state index contributed by atoms with van der Waals surface area (Å²) in [4.78, 5) is 23.1. The molecule has 0 fully saturated rings. The standard InChI is InChI=1S/C18H23F2N5O3/c1-10-6-16(25-17(22-10)18(4,19)20)24-13-7-15(23-12(3)26)21-8-14(13)28-11(2)9-27-5/h6-8,11H,9H2,1-5H3,(H2,21,22,23,24,25,26)/t11-/m1/s1. The fourth-order valence-electron chi connectivity index (χ4n) is 2.34. The molecule has 0 radical (unpaired) electrons. The molecule has 0 aliphatic heterocycles. The normalized spacial score (nSPS) is 12.4. The van der Waals surface area contributed by atoms with Gasteiger partial charge in [0.05, 0.1) is 18.5 Å². The highest BCUT2D eigenvalue weighted by molar-refractivity contribution is 5.88. The second-order valence-corrected chi connectivity index (χ2v) is 6.36. The van der Waals surface area contributed by atoms with Gasteiger partial charge in [0.1, 0.15) is 17.7 Å². The highest BCUT2D eigenvalue weighted by Gasteiger charge is 2.29. The van der Waals surface area contributed by atoms with Crippen LogP contribution in [0.4, 0.5) is 26.1 Å². The van der Waals surface area contributed by atoms with E-state index in [-0.39, 0.29) is 23.6 Å². The van der Waals surface area contributed by atoms with E-state index in [0.29, 0.717) is 23.7 Å². The summed E-state index contributed by atoms with van der Waals surface area (Å²) in [6.07, 6.45) is 1.13. The zero-order valence-corrected chi connectivity index (χ0v) is 16.3. The van der Waals surface area contributed by atoms with Crippen molar-refractivity contribution in [1.82, 2.24) is 15.0 Å². The zero-order chi connectivity index (χ0) is 20.9. The molecule has 0 spiro atoms. The molecule has 0 aliphatic carbocycles. The number of hydrogen-bond acceptors (Lipinski definition) is 7. The topological polar surface area (TPSA) is 98.3 Å². The van der Waals surface area contributed by atoms with Gasteiger partial charge in [0.2, 0.25) is 11.7 Å². The number of methoxy groups -OCH3 is 1. The molecule has 2 N–H and O–H groups in total. The maximum Gasteiger partial charge on any atom is 0.303 e. The monoisotopic (exact) mass is 395 g/mol. The fraction of sp³-hybridized carbons (Fsp3) is 0.444. The number of rotatable bonds is 8. The van der Waals surface area contributed by atoms with Gasteiger partial charge in [-0.1, -0.05) is 0 Å². The van der Waals surface area contributed by atoms with Crippen LogP contribution in [0, 0.1) is 6.92 Å². The van der Waals surface area contributed by atoms with Gasteiger partial charge in [-0.3, -0.25) is 4.79 Å². The third-order valence-electron chi connectivity index (χ3n) is 3.41. The molecule has 28 heavy (non-hydrogen) atoms. The highest BCUT2D eigenvalue weighted by atomic mass is 19.3. The van der Waals surface area contributed by atoms with E-state index in [2.05, 4.69) is 25.6 Å². The van der Waals surface area contributed by atoms with Crippen molar-refractivity contribution in [3.63, 3.8) is 0 Å². The van der Waals surface area contributed by atoms with Gasteiger partial charge in [0, 0.05) is 38.8 Å². The quantitative estimate of drug-likeness (QED) is 0.707. The molecule has 1 atom stereocenters. The maximum absolute atomic E-state index is 13.6. The maximum atomic E-state index is 13.6. The van der Waals surface area contributed by atoms with Gasteiger partial charge < -0.3 is 20.1 Å². The molecule has 1 amide bonds. The van der Waals surface area contributed by atoms with E-state index >= 15 is 0 Å². The van der Waals surface area contributed by atoms with E-state index in [9.17, 15) is 13.6 Å². The molecule has 10 heteroatoms. The number of amides is 1. The molecule has 0 saturated heterocycles. The van der Waals surface area contributed by atoms with Gasteiger partial charge in [0.25, 0.3) is 0 Å². The van der Waals surface area contributed by atoms with Crippen molar-refractivity contribution in [1.29, 1.82) is 0 Å². The van der Waals surface area contributed by atoms with Crippen LogP contribution in [-0.4, -0.2) is 40.7 Å². The summed E-state index contributed by atoms with van der Waals surface area (Å²) in [5.74, 6) is -3.30. The first-order chi connectivity index (χ1) is 13.1. The Morgan fingerprint density at radius 1 is 1.29 bits per heavy atom. The molecule has 2 rings (SSSR count). The Balaban J connectivity index is 2.40. The Hall–Kier alpha value is -2.88. The molecule has 0 aliphatic rings. The van der Waals surface area contributed by atoms with Crippen LogP contribution >= 0.6 is 0 Å². The molecule has 2 heterocycles. The minimum Gasteiger partial charge on any atom is -0.485 e. The lowest BCUT2D eigenvalue weighted by molar-refractivity contribution is -0.114. The van der Waals surface area contributed by atoms with Crippen LogP contribution in [-0.2, 0) is 15.5 Å². The second-order valence-electron chi connectivity index (χ2n) is 6.36. The largest absolute Gasteiger partial charge is 0.485 e. The van der Waals surface area contributed by atoms with Crippen LogP contribution in [0.15, 0.2) is 18.3 Å². The zero-order valence-electron chi connectivity index (χ0n) is 16.3. The summed E-state index contributed by atoms with van der Waals surface area (Å²) in [5.41, 5.74) is 0.769. The SMILES string of the molecule is COC[C@@H](C)Oc1cnc(NC(C)=O)cc1Nc1cc(C)nc(C(C)(F)F)n1. The molecule has 8 nitrogen and oxygen atoms in total. The number of aromatic nitrogens is 3. The molecule has 0 unspecified atom stereocenters. The van der Waals surface area contributed by atoms with Crippen LogP contribution in [0.25, 0.3) is 0 Å². The van der Waals surface area contributed by atoms with E-state index in [1.807, 2.05) is 0 Å². The molecular formula is C18H23F2N5O3. The Bertz CT molecular complexity index is 842. The number of carbonyl (C=O) groups excluding carboxylic acids is 1. The molecule has 0 aromatic carbocycles. The summed E-state index contributed by atoms with van der Waals surface area (Å²) in [7, 11) is 1.55. The third-order valence-corrected chi connectivity index (χ3v) is 3.41. The Morgan fingerprint density at radius 2 is 2.00 bits per heavy atom. The van der Waals surface area contributed by atoms with Crippen LogP contribution < -0.4 is 15.4 Å². The first-order valence-electron chi connectivity index (χ1n) is 8.52. The van der Waals surface area contributed by atoms with Crippen molar-refractivity contribution in [2.45, 2.75) is 39.7 Å². The van der Waals surface area contributed by atoms with Crippen molar-refractivity contribution in [3.8, 4) is 5.75 Å². The average molecular weight is 395 g/mol. The number of pyridine rings is 1. The number of nitrogens with one attached hydrogen (secondary N) is 2. The van der Waals surface area contributed by atoms with Crippen LogP contribution in [0.1, 0.15) is 32.3 Å². The number of aryl methyl sites for hydroxylation is 1. The predicted molar refractivity (Wildman–Crippen MR) is 100 cm³/mol. The van der Waals surface area contributed by atoms with Crippen LogP contribution in [0.5, 0.6) is 5.75 Å². The van der Waals surface area contributed by atoms with Crippen LogP contribution in [0.2, 0.25) is 0 Å². The third kappa shape index (κ3) is 6.08. The summed E-state index contributed by atoms with van der Waals surface area (Å²) in [6, 6.07) is 3.05. The molecule has 2 aromatic heterocycles. The average Bonchev–Trinajstić information content (AvgIpc) is 2.55. The van der Waals surface area contributed by atoms with Gasteiger partial charge >= 0.3 is 5.92 Å². The number of ether oxygens (including phenoxy) is 2. The first-order valence-corrected chi connectivity index (χ1v) is 8.52. The molecule has 0 bridgehead atoms. The van der Waals surface area contributed by atoms with E-state index in [1.54, 1.807) is 21.0 Å². The molecule has 152 valence electrons. The smallest absolute Gasteiger partial charge is 0.303 e. The van der Waals surface area contributed by atoms with E-state index in [1.165, 1.54) is 25.3 Å². The van der Waals surface area contributed by atoms with Crippen molar-refractivity contribution in [3.05, 3.63) is 29.8 Å². The van der Waals surface area contributed by atoms with Crippen molar-refractivity contribution in [2.24, 2.45) is 0 Å².